The van der Waals surface area contributed by atoms with Gasteiger partial charge in [0.05, 0.1) is 11.7 Å². The molecule has 1 aliphatic rings. The van der Waals surface area contributed by atoms with Crippen molar-refractivity contribution in [3.05, 3.63) is 28.5 Å². The fraction of sp³-hybridized carbons (Fsp3) is 0.739. The Morgan fingerprint density at radius 2 is 2.03 bits per heavy atom. The number of likely N-dealkylation sites (tertiary alicyclic amines) is 1. The summed E-state index contributed by atoms with van der Waals surface area (Å²) in [5, 5.41) is 9.56. The number of amides is 1. The first-order chi connectivity index (χ1) is 14.1. The van der Waals surface area contributed by atoms with Gasteiger partial charge in [0.25, 0.3) is 0 Å². The van der Waals surface area contributed by atoms with Crippen molar-refractivity contribution in [2.45, 2.75) is 90.5 Å². The number of nitrogens with zero attached hydrogens (tertiary/aromatic N) is 2. The molecule has 1 saturated heterocycles. The number of hydrogen-bond acceptors (Lipinski definition) is 4. The van der Waals surface area contributed by atoms with Gasteiger partial charge < -0.3 is 14.6 Å². The standard InChI is InChI=1S/C23H38BrN3O3S/c1-21(2,3)31(30)26-18(17-10-8-12-19(24)25-17)11-9-13-22(4,5)16-14-23(6,7)27(15-16)20(28)29/h8,10,12,16,18,26H,9,11,13-15H2,1-7H3,(H,28,29)/t16-,18?,31?/m1/s1. The van der Waals surface area contributed by atoms with Crippen molar-refractivity contribution >= 4 is 33.4 Å². The highest BCUT2D eigenvalue weighted by Crippen LogP contribution is 2.45. The van der Waals surface area contributed by atoms with Gasteiger partial charge in [-0.05, 0) is 93.3 Å². The maximum Gasteiger partial charge on any atom is 0.407 e. The van der Waals surface area contributed by atoms with E-state index in [1.807, 2.05) is 52.8 Å². The number of carbonyl (C=O) groups is 1. The van der Waals surface area contributed by atoms with Crippen LogP contribution < -0.4 is 4.72 Å². The molecule has 0 spiro atoms. The van der Waals surface area contributed by atoms with Crippen molar-refractivity contribution in [1.82, 2.24) is 14.6 Å². The lowest BCUT2D eigenvalue weighted by molar-refractivity contribution is 0.115. The van der Waals surface area contributed by atoms with Crippen molar-refractivity contribution in [1.29, 1.82) is 0 Å². The van der Waals surface area contributed by atoms with E-state index in [2.05, 4.69) is 39.5 Å². The zero-order valence-electron chi connectivity index (χ0n) is 19.9. The molecule has 2 rings (SSSR count). The average molecular weight is 517 g/mol. The zero-order chi connectivity index (χ0) is 23.6. The van der Waals surface area contributed by atoms with Crippen LogP contribution in [0.4, 0.5) is 4.79 Å². The lowest BCUT2D eigenvalue weighted by atomic mass is 9.72. The Labute approximate surface area is 199 Å². The summed E-state index contributed by atoms with van der Waals surface area (Å²) >= 11 is 2.24. The van der Waals surface area contributed by atoms with E-state index in [1.165, 1.54) is 0 Å². The molecule has 1 aliphatic heterocycles. The van der Waals surface area contributed by atoms with Crippen LogP contribution in [0.2, 0.25) is 0 Å². The van der Waals surface area contributed by atoms with Gasteiger partial charge in [-0.2, -0.15) is 0 Å². The number of carboxylic acid groups (broad SMARTS) is 1. The van der Waals surface area contributed by atoms with Crippen molar-refractivity contribution < 1.29 is 14.5 Å². The molecule has 0 radical (unpaired) electrons. The lowest BCUT2D eigenvalue weighted by Crippen LogP contribution is -2.41. The van der Waals surface area contributed by atoms with Crippen molar-refractivity contribution in [3.63, 3.8) is 0 Å². The highest BCUT2D eigenvalue weighted by molar-refractivity contribution is 9.10. The number of nitrogens with one attached hydrogen (secondary N) is 1. The topological polar surface area (TPSA) is 88.5 Å². The molecule has 1 aromatic rings. The Morgan fingerprint density at radius 3 is 2.55 bits per heavy atom. The second-order valence-corrected chi connectivity index (χ2v) is 13.7. The Hall–Kier alpha value is -0.830. The molecule has 1 amide bonds. The smallest absolute Gasteiger partial charge is 0.407 e. The molecule has 2 N–H and O–H groups in total. The van der Waals surface area contributed by atoms with Crippen LogP contribution in [0, 0.1) is 11.3 Å². The summed E-state index contributed by atoms with van der Waals surface area (Å²) in [7, 11) is 0. The van der Waals surface area contributed by atoms with E-state index < -0.39 is 17.5 Å². The third kappa shape index (κ3) is 7.07. The lowest BCUT2D eigenvalue weighted by Gasteiger charge is -2.33. The predicted octanol–water partition coefficient (Wildman–Crippen LogP) is 5.91. The van der Waals surface area contributed by atoms with E-state index in [4.69, 9.17) is 0 Å². The summed E-state index contributed by atoms with van der Waals surface area (Å²) in [6.07, 6.45) is 2.75. The maximum atomic E-state index is 12.8. The van der Waals surface area contributed by atoms with Gasteiger partial charge >= 0.3 is 6.09 Å². The molecule has 2 unspecified atom stereocenters. The first-order valence-corrected chi connectivity index (χ1v) is 12.9. The number of halogens is 1. The minimum Gasteiger partial charge on any atom is -0.598 e. The molecule has 6 nitrogen and oxygen atoms in total. The van der Waals surface area contributed by atoms with E-state index in [0.29, 0.717) is 12.5 Å². The molecular weight excluding hydrogens is 478 g/mol. The molecule has 31 heavy (non-hydrogen) atoms. The van der Waals surface area contributed by atoms with Crippen molar-refractivity contribution in [2.24, 2.45) is 11.3 Å². The van der Waals surface area contributed by atoms with Crippen LogP contribution in [-0.4, -0.2) is 42.5 Å². The maximum absolute atomic E-state index is 12.8. The predicted molar refractivity (Wildman–Crippen MR) is 130 cm³/mol. The Balaban J connectivity index is 2.06. The molecule has 0 bridgehead atoms. The molecule has 176 valence electrons. The summed E-state index contributed by atoms with van der Waals surface area (Å²) in [5.74, 6) is 0.317. The van der Waals surface area contributed by atoms with Gasteiger partial charge in [0.15, 0.2) is 0 Å². The second kappa shape index (κ2) is 9.98. The first-order valence-electron chi connectivity index (χ1n) is 10.9. The molecule has 0 aromatic carbocycles. The molecule has 3 atom stereocenters. The Bertz CT molecular complexity index is 767. The van der Waals surface area contributed by atoms with Gasteiger partial charge in [0.2, 0.25) is 0 Å². The third-order valence-corrected chi connectivity index (χ3v) is 8.48. The van der Waals surface area contributed by atoms with Crippen molar-refractivity contribution in [2.75, 3.05) is 6.54 Å². The second-order valence-electron chi connectivity index (χ2n) is 10.9. The van der Waals surface area contributed by atoms with Gasteiger partial charge in [-0.3, -0.25) is 0 Å². The largest absolute Gasteiger partial charge is 0.598 e. The van der Waals surface area contributed by atoms with Crippen LogP contribution in [0.5, 0.6) is 0 Å². The number of pyridine rings is 1. The van der Waals surface area contributed by atoms with Crippen LogP contribution in [0.1, 0.15) is 85.9 Å². The number of hydrogen-bond donors (Lipinski definition) is 2. The quantitative estimate of drug-likeness (QED) is 0.331. The fourth-order valence-electron chi connectivity index (χ4n) is 4.26. The average Bonchev–Trinajstić information content (AvgIpc) is 2.96. The Morgan fingerprint density at radius 1 is 1.39 bits per heavy atom. The molecule has 1 aromatic heterocycles. The molecule has 2 heterocycles. The van der Waals surface area contributed by atoms with E-state index in [9.17, 15) is 14.5 Å². The molecule has 8 heteroatoms. The van der Waals surface area contributed by atoms with Crippen LogP contribution in [0.15, 0.2) is 22.8 Å². The van der Waals surface area contributed by atoms with E-state index >= 15 is 0 Å². The summed E-state index contributed by atoms with van der Waals surface area (Å²) in [5.41, 5.74) is 0.561. The van der Waals surface area contributed by atoms with E-state index in [1.54, 1.807) is 4.90 Å². The van der Waals surface area contributed by atoms with Crippen LogP contribution in [0.3, 0.4) is 0 Å². The molecular formula is C23H38BrN3O3S. The summed E-state index contributed by atoms with van der Waals surface area (Å²) in [6.45, 7) is 15.0. The third-order valence-electron chi connectivity index (χ3n) is 6.43. The highest BCUT2D eigenvalue weighted by atomic mass is 79.9. The van der Waals surface area contributed by atoms with E-state index in [-0.39, 0.29) is 21.7 Å². The van der Waals surface area contributed by atoms with Crippen molar-refractivity contribution in [3.8, 4) is 0 Å². The molecule has 1 fully saturated rings. The van der Waals surface area contributed by atoms with E-state index in [0.717, 1.165) is 36.0 Å². The van der Waals surface area contributed by atoms with Gasteiger partial charge in [0.1, 0.15) is 9.35 Å². The molecule has 0 aliphatic carbocycles. The summed E-state index contributed by atoms with van der Waals surface area (Å²) < 4.78 is 16.5. The minimum absolute atomic E-state index is 0.0138. The monoisotopic (exact) mass is 515 g/mol. The van der Waals surface area contributed by atoms with Crippen LogP contribution in [0.25, 0.3) is 0 Å². The van der Waals surface area contributed by atoms with Gasteiger partial charge in [-0.1, -0.05) is 26.3 Å². The summed E-state index contributed by atoms with van der Waals surface area (Å²) in [6, 6.07) is 5.70. The highest BCUT2D eigenvalue weighted by Gasteiger charge is 2.46. The van der Waals surface area contributed by atoms with Gasteiger partial charge in [-0.25, -0.2) is 9.78 Å². The van der Waals surface area contributed by atoms with Gasteiger partial charge in [0, 0.05) is 23.4 Å². The fourth-order valence-corrected chi connectivity index (χ4v) is 5.47. The summed E-state index contributed by atoms with van der Waals surface area (Å²) in [4.78, 5) is 17.8. The number of rotatable bonds is 8. The number of aromatic nitrogens is 1. The minimum atomic E-state index is -1.20. The van der Waals surface area contributed by atoms with Gasteiger partial charge in [-0.15, -0.1) is 4.72 Å². The molecule has 0 saturated carbocycles. The Kier molecular flexibility index (Phi) is 8.50. The van der Waals surface area contributed by atoms with Crippen LogP contribution >= 0.6 is 15.9 Å². The first kappa shape index (κ1) is 26.4. The normalized spacial score (nSPS) is 21.2. The SMILES string of the molecule is CC(C)(CCCC(N[S+]([O-])C(C)(C)C)c1cccc(Br)n1)[C@H]1CN(C(=O)O)C(C)(C)C1. The van der Waals surface area contributed by atoms with Crippen LogP contribution in [-0.2, 0) is 11.4 Å². The zero-order valence-corrected chi connectivity index (χ0v) is 22.3.